The number of nitro groups is 1. The molecular weight excluding hydrogens is 413 g/mol. The average molecular weight is 433 g/mol. The predicted molar refractivity (Wildman–Crippen MR) is 112 cm³/mol. The van der Waals surface area contributed by atoms with Gasteiger partial charge in [-0.05, 0) is 37.6 Å². The lowest BCUT2D eigenvalue weighted by Gasteiger charge is -2.17. The van der Waals surface area contributed by atoms with Crippen LogP contribution in [-0.4, -0.2) is 27.7 Å². The Hall–Kier alpha value is -3.07. The van der Waals surface area contributed by atoms with Crippen LogP contribution in [0.15, 0.2) is 52.1 Å². The van der Waals surface area contributed by atoms with Gasteiger partial charge in [-0.2, -0.15) is 0 Å². The van der Waals surface area contributed by atoms with Gasteiger partial charge in [-0.1, -0.05) is 12.1 Å². The molecule has 0 atom stereocenters. The number of nitro benzene ring substituents is 1. The summed E-state index contributed by atoms with van der Waals surface area (Å²) >= 11 is 0. The van der Waals surface area contributed by atoms with Crippen molar-refractivity contribution in [3.05, 3.63) is 78.8 Å². The number of nitrogens with zero attached hydrogens (tertiary/aromatic N) is 2. The molecule has 0 bridgehead atoms. The third-order valence-corrected chi connectivity index (χ3v) is 6.49. The second kappa shape index (κ2) is 8.74. The summed E-state index contributed by atoms with van der Waals surface area (Å²) in [5, 5.41) is 11.4. The molecule has 0 saturated heterocycles. The fourth-order valence-corrected chi connectivity index (χ4v) is 4.60. The molecule has 0 unspecified atom stereocenters. The zero-order valence-corrected chi connectivity index (χ0v) is 17.3. The van der Waals surface area contributed by atoms with E-state index in [-0.39, 0.29) is 31.0 Å². The van der Waals surface area contributed by atoms with Crippen LogP contribution in [0.2, 0.25) is 0 Å². The zero-order chi connectivity index (χ0) is 21.9. The molecule has 3 rings (SSSR count). The summed E-state index contributed by atoms with van der Waals surface area (Å²) in [6, 6.07) is 10.4. The third-order valence-electron chi connectivity index (χ3n) is 4.36. The monoisotopic (exact) mass is 433 g/mol. The molecule has 1 heterocycles. The Labute approximate surface area is 170 Å². The lowest BCUT2D eigenvalue weighted by molar-refractivity contribution is -0.384. The van der Waals surface area contributed by atoms with Crippen LogP contribution in [0, 0.1) is 10.1 Å². The topological polar surface area (TPSA) is 134 Å². The number of H-pyrrole nitrogens is 1. The Bertz CT molecular complexity index is 1240. The van der Waals surface area contributed by atoms with Gasteiger partial charge in [0.1, 0.15) is 0 Å². The molecule has 0 saturated carbocycles. The maximum absolute atomic E-state index is 12.8. The molecule has 158 valence electrons. The molecule has 0 amide bonds. The second-order valence-corrected chi connectivity index (χ2v) is 8.33. The summed E-state index contributed by atoms with van der Waals surface area (Å²) in [7, 11) is -3.43. The Morgan fingerprint density at radius 3 is 2.27 bits per heavy atom. The first kappa shape index (κ1) is 21.6. The van der Waals surface area contributed by atoms with Gasteiger partial charge in [0.15, 0.2) is 0 Å². The predicted octanol–water partition coefficient (Wildman–Crippen LogP) is 2.54. The number of hydrogen-bond donors (Lipinski definition) is 1. The van der Waals surface area contributed by atoms with Gasteiger partial charge in [0.05, 0.1) is 41.0 Å². The molecule has 2 aromatic carbocycles. The molecule has 1 aromatic heterocycles. The number of hydrogen-bond acceptors (Lipinski definition) is 7. The van der Waals surface area contributed by atoms with Crippen molar-refractivity contribution in [1.29, 1.82) is 0 Å². The van der Waals surface area contributed by atoms with E-state index in [1.54, 1.807) is 38.1 Å². The van der Waals surface area contributed by atoms with Crippen LogP contribution < -0.4 is 16.4 Å². The van der Waals surface area contributed by atoms with E-state index in [1.807, 2.05) is 0 Å². The summed E-state index contributed by atoms with van der Waals surface area (Å²) in [6.07, 6.45) is 0. The average Bonchev–Trinajstić information content (AvgIpc) is 2.71. The molecule has 0 aliphatic rings. The minimum atomic E-state index is -3.43. The lowest BCUT2D eigenvalue weighted by atomic mass is 10.2. The van der Waals surface area contributed by atoms with Crippen LogP contribution in [0.3, 0.4) is 0 Å². The highest BCUT2D eigenvalue weighted by molar-refractivity contribution is 7.62. The van der Waals surface area contributed by atoms with Crippen molar-refractivity contribution in [3.63, 3.8) is 0 Å². The van der Waals surface area contributed by atoms with E-state index in [1.165, 1.54) is 22.8 Å². The van der Waals surface area contributed by atoms with Crippen LogP contribution in [0.1, 0.15) is 19.4 Å². The van der Waals surface area contributed by atoms with Gasteiger partial charge in [0.25, 0.3) is 5.69 Å². The second-order valence-electron chi connectivity index (χ2n) is 6.30. The Balaban J connectivity index is 2.01. The number of fused-ring (bicyclic) bond motifs is 1. The van der Waals surface area contributed by atoms with Gasteiger partial charge < -0.3 is 14.0 Å². The number of aromatic nitrogens is 2. The first-order valence-electron chi connectivity index (χ1n) is 9.19. The maximum Gasteiger partial charge on any atom is 0.361 e. The Kier molecular flexibility index (Phi) is 6.31. The molecule has 0 fully saturated rings. The molecule has 3 aromatic rings. The molecule has 0 spiro atoms. The standard InChI is InChI=1S/C19H20N3O7P/c1-3-28-30(27,29-4-2)15-8-5-13(6-9-15)12-21-17-10-7-14(22(25)26)11-16(17)20-18(23)19(21)24/h5-11H,3-4,12H2,1-2H3,(H,20,23). The van der Waals surface area contributed by atoms with E-state index < -0.39 is 23.6 Å². The number of non-ortho nitro benzene ring substituents is 1. The summed E-state index contributed by atoms with van der Waals surface area (Å²) in [4.78, 5) is 37.2. The highest BCUT2D eigenvalue weighted by Gasteiger charge is 2.26. The van der Waals surface area contributed by atoms with Crippen LogP contribution >= 0.6 is 7.60 Å². The molecule has 0 aliphatic heterocycles. The van der Waals surface area contributed by atoms with Gasteiger partial charge in [0.2, 0.25) is 0 Å². The summed E-state index contributed by atoms with van der Waals surface area (Å²) in [5.74, 6) is 0. The van der Waals surface area contributed by atoms with E-state index in [0.29, 0.717) is 16.4 Å². The number of benzene rings is 2. The number of aromatic amines is 1. The molecule has 10 nitrogen and oxygen atoms in total. The lowest BCUT2D eigenvalue weighted by Crippen LogP contribution is -2.36. The largest absolute Gasteiger partial charge is 0.361 e. The van der Waals surface area contributed by atoms with Crippen molar-refractivity contribution >= 4 is 29.6 Å². The molecule has 0 radical (unpaired) electrons. The van der Waals surface area contributed by atoms with Crippen molar-refractivity contribution in [3.8, 4) is 0 Å². The van der Waals surface area contributed by atoms with E-state index in [0.717, 1.165) is 0 Å². The van der Waals surface area contributed by atoms with Crippen molar-refractivity contribution in [1.82, 2.24) is 9.55 Å². The fourth-order valence-electron chi connectivity index (χ4n) is 3.03. The van der Waals surface area contributed by atoms with E-state index in [4.69, 9.17) is 9.05 Å². The minimum absolute atomic E-state index is 0.0465. The highest BCUT2D eigenvalue weighted by atomic mass is 31.2. The fraction of sp³-hybridized carbons (Fsp3) is 0.263. The number of nitrogens with one attached hydrogen (secondary N) is 1. The number of rotatable bonds is 8. The quantitative estimate of drug-likeness (QED) is 0.250. The molecule has 1 N–H and O–H groups in total. The van der Waals surface area contributed by atoms with Crippen molar-refractivity contribution in [2.45, 2.75) is 20.4 Å². The molecular formula is C19H20N3O7P. The maximum atomic E-state index is 12.8. The van der Waals surface area contributed by atoms with Crippen molar-refractivity contribution < 1.29 is 18.5 Å². The van der Waals surface area contributed by atoms with E-state index >= 15 is 0 Å². The Morgan fingerprint density at radius 1 is 1.07 bits per heavy atom. The molecule has 30 heavy (non-hydrogen) atoms. The first-order valence-corrected chi connectivity index (χ1v) is 10.7. The van der Waals surface area contributed by atoms with E-state index in [9.17, 15) is 24.3 Å². The normalized spacial score (nSPS) is 11.7. The zero-order valence-electron chi connectivity index (χ0n) is 16.4. The third kappa shape index (κ3) is 4.25. The van der Waals surface area contributed by atoms with Crippen molar-refractivity contribution in [2.24, 2.45) is 0 Å². The van der Waals surface area contributed by atoms with Gasteiger partial charge >= 0.3 is 18.7 Å². The van der Waals surface area contributed by atoms with Crippen LogP contribution in [0.5, 0.6) is 0 Å². The molecule has 11 heteroatoms. The molecule has 0 aliphatic carbocycles. The van der Waals surface area contributed by atoms with Crippen molar-refractivity contribution in [2.75, 3.05) is 13.2 Å². The smallest absolute Gasteiger partial charge is 0.316 e. The summed E-state index contributed by atoms with van der Waals surface area (Å²) in [5.41, 5.74) is -0.668. The van der Waals surface area contributed by atoms with Gasteiger partial charge in [-0.15, -0.1) is 0 Å². The van der Waals surface area contributed by atoms with Crippen LogP contribution in [0.25, 0.3) is 11.0 Å². The highest BCUT2D eigenvalue weighted by Crippen LogP contribution is 2.46. The van der Waals surface area contributed by atoms with Gasteiger partial charge in [-0.25, -0.2) is 0 Å². The van der Waals surface area contributed by atoms with Crippen LogP contribution in [0.4, 0.5) is 5.69 Å². The summed E-state index contributed by atoms with van der Waals surface area (Å²) in [6.45, 7) is 3.92. The summed E-state index contributed by atoms with van der Waals surface area (Å²) < 4.78 is 24.7. The van der Waals surface area contributed by atoms with Gasteiger partial charge in [0, 0.05) is 12.1 Å². The SMILES string of the molecule is CCOP(=O)(OCC)c1ccc(Cn2c(=O)c(=O)[nH]c3cc([N+](=O)[O-])ccc32)cc1. The Morgan fingerprint density at radius 2 is 1.70 bits per heavy atom. The van der Waals surface area contributed by atoms with Crippen LogP contribution in [-0.2, 0) is 20.2 Å². The van der Waals surface area contributed by atoms with E-state index in [2.05, 4.69) is 4.98 Å². The first-order chi connectivity index (χ1) is 14.3. The van der Waals surface area contributed by atoms with Gasteiger partial charge in [-0.3, -0.25) is 28.8 Å². The minimum Gasteiger partial charge on any atom is -0.316 e.